The molecule has 1 heterocycles. The van der Waals surface area contributed by atoms with E-state index < -0.39 is 0 Å². The van der Waals surface area contributed by atoms with Gasteiger partial charge in [0.1, 0.15) is 0 Å². The molecule has 108 valence electrons. The molecular weight excluding hydrogens is 218 g/mol. The molecule has 1 heteroatoms. The molecule has 0 aromatic carbocycles. The van der Waals surface area contributed by atoms with Crippen LogP contribution in [0.5, 0.6) is 0 Å². The van der Waals surface area contributed by atoms with E-state index in [2.05, 4.69) is 25.7 Å². The second-order valence-electron chi connectivity index (χ2n) is 7.33. The monoisotopic (exact) mass is 253 g/mol. The Labute approximate surface area is 115 Å². The normalized spacial score (nSPS) is 17.5. The molecule has 0 saturated carbocycles. The van der Waals surface area contributed by atoms with Gasteiger partial charge in [-0.05, 0) is 50.7 Å². The third-order valence-corrected chi connectivity index (χ3v) is 4.10. The molecule has 1 aliphatic rings. The first-order valence-electron chi connectivity index (χ1n) is 8.30. The number of rotatable bonds is 9. The molecule has 1 aliphatic heterocycles. The number of unbranched alkanes of at least 4 members (excludes halogenated alkanes) is 6. The van der Waals surface area contributed by atoms with Crippen molar-refractivity contribution in [2.45, 2.75) is 85.0 Å². The summed E-state index contributed by atoms with van der Waals surface area (Å²) < 4.78 is 0. The van der Waals surface area contributed by atoms with Crippen molar-refractivity contribution in [2.75, 3.05) is 19.6 Å². The van der Waals surface area contributed by atoms with Crippen molar-refractivity contribution >= 4 is 0 Å². The number of likely N-dealkylation sites (tertiary alicyclic amines) is 1. The maximum absolute atomic E-state index is 2.64. The molecule has 18 heavy (non-hydrogen) atoms. The molecule has 0 spiro atoms. The van der Waals surface area contributed by atoms with Gasteiger partial charge in [-0.2, -0.15) is 0 Å². The van der Waals surface area contributed by atoms with Crippen LogP contribution in [0, 0.1) is 5.41 Å². The zero-order valence-corrected chi connectivity index (χ0v) is 13.1. The van der Waals surface area contributed by atoms with E-state index >= 15 is 0 Å². The van der Waals surface area contributed by atoms with Crippen LogP contribution in [-0.2, 0) is 0 Å². The molecule has 0 radical (unpaired) electrons. The zero-order valence-electron chi connectivity index (χ0n) is 13.1. The maximum atomic E-state index is 2.64. The summed E-state index contributed by atoms with van der Waals surface area (Å²) in [7, 11) is 0. The van der Waals surface area contributed by atoms with Gasteiger partial charge in [0.15, 0.2) is 0 Å². The Bertz CT molecular complexity index is 186. The van der Waals surface area contributed by atoms with Crippen LogP contribution in [0.1, 0.15) is 85.0 Å². The fraction of sp³-hybridized carbons (Fsp3) is 1.00. The van der Waals surface area contributed by atoms with Crippen LogP contribution < -0.4 is 0 Å². The molecule has 0 unspecified atom stereocenters. The second kappa shape index (κ2) is 8.96. The van der Waals surface area contributed by atoms with Crippen molar-refractivity contribution in [1.82, 2.24) is 4.90 Å². The van der Waals surface area contributed by atoms with Gasteiger partial charge in [-0.25, -0.2) is 0 Å². The van der Waals surface area contributed by atoms with Crippen LogP contribution in [0.3, 0.4) is 0 Å². The van der Waals surface area contributed by atoms with E-state index in [1.54, 1.807) is 0 Å². The van der Waals surface area contributed by atoms with E-state index in [-0.39, 0.29) is 0 Å². The Hall–Kier alpha value is -0.0400. The van der Waals surface area contributed by atoms with Gasteiger partial charge >= 0.3 is 0 Å². The Morgan fingerprint density at radius 1 is 0.722 bits per heavy atom. The van der Waals surface area contributed by atoms with Crippen molar-refractivity contribution in [3.63, 3.8) is 0 Å². The lowest BCUT2D eigenvalue weighted by Crippen LogP contribution is -2.20. The first kappa shape index (κ1) is 16.0. The highest BCUT2D eigenvalue weighted by Crippen LogP contribution is 2.22. The molecule has 0 atom stereocenters. The summed E-state index contributed by atoms with van der Waals surface area (Å²) in [4.78, 5) is 2.64. The van der Waals surface area contributed by atoms with E-state index in [0.29, 0.717) is 5.41 Å². The molecule has 0 aliphatic carbocycles. The minimum absolute atomic E-state index is 0.537. The standard InChI is InChI=1S/C17H35N/c1-17(2,3)13-9-7-5-4-6-8-10-14-18-15-11-12-16-18/h4-16H2,1-3H3. The third-order valence-electron chi connectivity index (χ3n) is 4.10. The van der Waals surface area contributed by atoms with E-state index in [0.717, 1.165) is 0 Å². The molecule has 1 rings (SSSR count). The van der Waals surface area contributed by atoms with Crippen molar-refractivity contribution in [2.24, 2.45) is 5.41 Å². The third kappa shape index (κ3) is 8.97. The Morgan fingerprint density at radius 2 is 1.22 bits per heavy atom. The van der Waals surface area contributed by atoms with E-state index in [9.17, 15) is 0 Å². The van der Waals surface area contributed by atoms with E-state index in [1.807, 2.05) is 0 Å². The van der Waals surface area contributed by atoms with E-state index in [4.69, 9.17) is 0 Å². The Kier molecular flexibility index (Phi) is 7.97. The molecule has 0 bridgehead atoms. The highest BCUT2D eigenvalue weighted by Gasteiger charge is 2.10. The van der Waals surface area contributed by atoms with Crippen LogP contribution >= 0.6 is 0 Å². The van der Waals surface area contributed by atoms with Gasteiger partial charge < -0.3 is 4.90 Å². The molecule has 0 amide bonds. The Morgan fingerprint density at radius 3 is 1.78 bits per heavy atom. The fourth-order valence-corrected chi connectivity index (χ4v) is 2.88. The summed E-state index contributed by atoms with van der Waals surface area (Å²) >= 11 is 0. The topological polar surface area (TPSA) is 3.24 Å². The van der Waals surface area contributed by atoms with Gasteiger partial charge in [0.2, 0.25) is 0 Å². The molecule has 0 aromatic heterocycles. The summed E-state index contributed by atoms with van der Waals surface area (Å²) in [5.74, 6) is 0. The molecule has 0 aromatic rings. The van der Waals surface area contributed by atoms with Crippen molar-refractivity contribution in [3.05, 3.63) is 0 Å². The van der Waals surface area contributed by atoms with Crippen molar-refractivity contribution in [3.8, 4) is 0 Å². The molecular formula is C17H35N. The van der Waals surface area contributed by atoms with Crippen LogP contribution in [0.4, 0.5) is 0 Å². The predicted octanol–water partition coefficient (Wildman–Crippen LogP) is 5.25. The van der Waals surface area contributed by atoms with Gasteiger partial charge in [0, 0.05) is 0 Å². The summed E-state index contributed by atoms with van der Waals surface area (Å²) in [6.45, 7) is 11.2. The van der Waals surface area contributed by atoms with Gasteiger partial charge in [-0.3, -0.25) is 0 Å². The van der Waals surface area contributed by atoms with Crippen LogP contribution in [-0.4, -0.2) is 24.5 Å². The lowest BCUT2D eigenvalue weighted by molar-refractivity contribution is 0.326. The highest BCUT2D eigenvalue weighted by molar-refractivity contribution is 4.65. The summed E-state index contributed by atoms with van der Waals surface area (Å²) in [5, 5.41) is 0. The molecule has 1 nitrogen and oxygen atoms in total. The molecule has 1 saturated heterocycles. The van der Waals surface area contributed by atoms with Crippen molar-refractivity contribution < 1.29 is 0 Å². The van der Waals surface area contributed by atoms with E-state index in [1.165, 1.54) is 83.8 Å². The quantitative estimate of drug-likeness (QED) is 0.507. The van der Waals surface area contributed by atoms with Gasteiger partial charge in [-0.15, -0.1) is 0 Å². The van der Waals surface area contributed by atoms with Gasteiger partial charge in [-0.1, -0.05) is 59.3 Å². The van der Waals surface area contributed by atoms with Gasteiger partial charge in [0.05, 0.1) is 0 Å². The summed E-state index contributed by atoms with van der Waals surface area (Å²) in [5.41, 5.74) is 0.537. The van der Waals surface area contributed by atoms with Crippen LogP contribution in [0.25, 0.3) is 0 Å². The number of hydrogen-bond donors (Lipinski definition) is 0. The first-order chi connectivity index (χ1) is 8.58. The van der Waals surface area contributed by atoms with Crippen LogP contribution in [0.15, 0.2) is 0 Å². The van der Waals surface area contributed by atoms with Crippen LogP contribution in [0.2, 0.25) is 0 Å². The summed E-state index contributed by atoms with van der Waals surface area (Å²) in [6.07, 6.45) is 14.4. The SMILES string of the molecule is CC(C)(C)CCCCCCCCCN1CCCC1. The highest BCUT2D eigenvalue weighted by atomic mass is 15.1. The summed E-state index contributed by atoms with van der Waals surface area (Å²) in [6, 6.07) is 0. The minimum Gasteiger partial charge on any atom is -0.303 e. The first-order valence-corrected chi connectivity index (χ1v) is 8.30. The largest absolute Gasteiger partial charge is 0.303 e. The zero-order chi connectivity index (χ0) is 13.3. The lowest BCUT2D eigenvalue weighted by Gasteiger charge is -2.17. The predicted molar refractivity (Wildman–Crippen MR) is 82.1 cm³/mol. The average molecular weight is 253 g/mol. The second-order valence-corrected chi connectivity index (χ2v) is 7.33. The number of hydrogen-bond acceptors (Lipinski definition) is 1. The maximum Gasteiger partial charge on any atom is -0.00183 e. The smallest absolute Gasteiger partial charge is 0.00183 e. The molecule has 1 fully saturated rings. The lowest BCUT2D eigenvalue weighted by atomic mass is 9.89. The fourth-order valence-electron chi connectivity index (χ4n) is 2.88. The average Bonchev–Trinajstić information content (AvgIpc) is 2.78. The van der Waals surface area contributed by atoms with Gasteiger partial charge in [0.25, 0.3) is 0 Å². The number of nitrogens with zero attached hydrogens (tertiary/aromatic N) is 1. The Balaban J connectivity index is 1.76. The van der Waals surface area contributed by atoms with Crippen molar-refractivity contribution in [1.29, 1.82) is 0 Å². The minimum atomic E-state index is 0.537. The molecule has 0 N–H and O–H groups in total.